The van der Waals surface area contributed by atoms with E-state index in [4.69, 9.17) is 10.6 Å². The Kier molecular flexibility index (Phi) is 1.62. The summed E-state index contributed by atoms with van der Waals surface area (Å²) in [5.74, 6) is -0.127. The number of ketones is 1. The van der Waals surface area contributed by atoms with E-state index in [2.05, 4.69) is 5.16 Å². The van der Waals surface area contributed by atoms with Gasteiger partial charge < -0.3 is 10.6 Å². The van der Waals surface area contributed by atoms with Crippen LogP contribution in [0.1, 0.15) is 6.42 Å². The van der Waals surface area contributed by atoms with Gasteiger partial charge in [0.05, 0.1) is 12.1 Å². The molecule has 0 aromatic carbocycles. The molecule has 0 saturated carbocycles. The van der Waals surface area contributed by atoms with Crippen molar-refractivity contribution in [3.8, 4) is 0 Å². The van der Waals surface area contributed by atoms with Gasteiger partial charge in [-0.3, -0.25) is 4.79 Å². The number of carbonyl (C=O) groups excluding carboxylic acids is 1. The first kappa shape index (κ1) is 6.67. The lowest BCUT2D eigenvalue weighted by atomic mass is 10.0. The van der Waals surface area contributed by atoms with Crippen molar-refractivity contribution in [1.82, 2.24) is 0 Å². The van der Waals surface area contributed by atoms with E-state index in [-0.39, 0.29) is 23.6 Å². The molecule has 0 heterocycles. The molecule has 1 rings (SSSR count). The lowest BCUT2D eigenvalue weighted by Gasteiger charge is -2.03. The fourth-order valence-corrected chi connectivity index (χ4v) is 0.690. The smallest absolute Gasteiger partial charge is 0.161 e. The molecule has 1 aliphatic rings. The van der Waals surface area contributed by atoms with Gasteiger partial charge in [-0.25, -0.2) is 0 Å². The number of nitrogens with one attached hydrogen (secondary N) is 1. The van der Waals surface area contributed by atoms with Crippen LogP contribution in [0.2, 0.25) is 0 Å². The van der Waals surface area contributed by atoms with Gasteiger partial charge in [-0.1, -0.05) is 5.16 Å². The van der Waals surface area contributed by atoms with Gasteiger partial charge >= 0.3 is 0 Å². The van der Waals surface area contributed by atoms with Gasteiger partial charge in [0.2, 0.25) is 0 Å². The van der Waals surface area contributed by atoms with Gasteiger partial charge in [0.1, 0.15) is 5.71 Å². The highest BCUT2D eigenvalue weighted by molar-refractivity contribution is 6.50. The van der Waals surface area contributed by atoms with Gasteiger partial charge in [-0.2, -0.15) is 0 Å². The zero-order valence-electron chi connectivity index (χ0n) is 5.16. The molecule has 0 saturated heterocycles. The maximum atomic E-state index is 10.6. The lowest BCUT2D eigenvalue weighted by Crippen LogP contribution is -2.19. The van der Waals surface area contributed by atoms with Gasteiger partial charge in [0, 0.05) is 0 Å². The second kappa shape index (κ2) is 2.43. The van der Waals surface area contributed by atoms with Crippen LogP contribution < -0.4 is 0 Å². The van der Waals surface area contributed by atoms with E-state index in [1.54, 1.807) is 0 Å². The number of hydrogen-bond acceptors (Lipinski definition) is 4. The first-order valence-corrected chi connectivity index (χ1v) is 2.75. The molecule has 4 nitrogen and oxygen atoms in total. The Labute approximate surface area is 57.4 Å². The monoisotopic (exact) mass is 138 g/mol. The van der Waals surface area contributed by atoms with E-state index in [1.807, 2.05) is 0 Å². The van der Waals surface area contributed by atoms with E-state index < -0.39 is 0 Å². The summed E-state index contributed by atoms with van der Waals surface area (Å²) in [5.41, 5.74) is 0.231. The second-order valence-corrected chi connectivity index (χ2v) is 1.94. The SMILES string of the molecule is N=C1CC(=O)C=CC1=NO. The Morgan fingerprint density at radius 2 is 2.30 bits per heavy atom. The van der Waals surface area contributed by atoms with Crippen molar-refractivity contribution in [1.29, 1.82) is 5.41 Å². The molecule has 0 atom stereocenters. The van der Waals surface area contributed by atoms with Crippen LogP contribution in [0.4, 0.5) is 0 Å². The molecule has 52 valence electrons. The molecule has 0 spiro atoms. The van der Waals surface area contributed by atoms with E-state index in [9.17, 15) is 4.79 Å². The van der Waals surface area contributed by atoms with Gasteiger partial charge in [-0.15, -0.1) is 0 Å². The van der Waals surface area contributed by atoms with E-state index in [0.717, 1.165) is 0 Å². The van der Waals surface area contributed by atoms with Gasteiger partial charge in [-0.05, 0) is 12.2 Å². The molecule has 0 aromatic heterocycles. The van der Waals surface area contributed by atoms with Crippen molar-refractivity contribution in [3.63, 3.8) is 0 Å². The third kappa shape index (κ3) is 1.10. The molecule has 0 fully saturated rings. The van der Waals surface area contributed by atoms with E-state index in [1.165, 1.54) is 12.2 Å². The Morgan fingerprint density at radius 3 is 2.80 bits per heavy atom. The summed E-state index contributed by atoms with van der Waals surface area (Å²) < 4.78 is 0. The fourth-order valence-electron chi connectivity index (χ4n) is 0.690. The number of rotatable bonds is 0. The summed E-state index contributed by atoms with van der Waals surface area (Å²) in [5, 5.41) is 18.2. The van der Waals surface area contributed by atoms with Gasteiger partial charge in [0.15, 0.2) is 5.78 Å². The summed E-state index contributed by atoms with van der Waals surface area (Å²) in [6, 6.07) is 0. The zero-order chi connectivity index (χ0) is 7.56. The molecular formula is C6H6N2O2. The Bertz CT molecular complexity index is 240. The molecule has 0 aromatic rings. The standard InChI is InChI=1S/C6H6N2O2/c7-5-3-4(9)1-2-6(5)8-10/h1-2,7,10H,3H2. The number of carbonyl (C=O) groups is 1. The molecule has 1 aliphatic carbocycles. The zero-order valence-corrected chi connectivity index (χ0v) is 5.16. The maximum absolute atomic E-state index is 10.6. The predicted octanol–water partition coefficient (Wildman–Crippen LogP) is 0.365. The average molecular weight is 138 g/mol. The molecule has 10 heavy (non-hydrogen) atoms. The molecule has 0 aliphatic heterocycles. The van der Waals surface area contributed by atoms with Crippen molar-refractivity contribution < 1.29 is 10.0 Å². The predicted molar refractivity (Wildman–Crippen MR) is 35.7 cm³/mol. The Hall–Kier alpha value is -1.45. The third-order valence-electron chi connectivity index (χ3n) is 1.20. The van der Waals surface area contributed by atoms with Crippen LogP contribution in [0.25, 0.3) is 0 Å². The molecule has 4 heteroatoms. The summed E-state index contributed by atoms with van der Waals surface area (Å²) in [6.45, 7) is 0. The first-order chi connectivity index (χ1) is 4.74. The summed E-state index contributed by atoms with van der Waals surface area (Å²) in [7, 11) is 0. The Morgan fingerprint density at radius 1 is 1.60 bits per heavy atom. The quantitative estimate of drug-likeness (QED) is 0.374. The fraction of sp³-hybridized carbons (Fsp3) is 0.167. The number of hydrogen-bond donors (Lipinski definition) is 2. The maximum Gasteiger partial charge on any atom is 0.161 e. The molecule has 0 amide bonds. The highest BCUT2D eigenvalue weighted by Gasteiger charge is 2.13. The molecule has 2 N–H and O–H groups in total. The minimum absolute atomic E-state index is 0.0376. The van der Waals surface area contributed by atoms with Crippen LogP contribution >= 0.6 is 0 Å². The van der Waals surface area contributed by atoms with Crippen molar-refractivity contribution in [2.45, 2.75) is 6.42 Å². The van der Waals surface area contributed by atoms with Crippen molar-refractivity contribution in [3.05, 3.63) is 12.2 Å². The third-order valence-corrected chi connectivity index (χ3v) is 1.20. The van der Waals surface area contributed by atoms with Crippen molar-refractivity contribution >= 4 is 17.2 Å². The molecule has 0 unspecified atom stereocenters. The van der Waals surface area contributed by atoms with Crippen LogP contribution in [0.5, 0.6) is 0 Å². The number of nitrogens with zero attached hydrogens (tertiary/aromatic N) is 1. The number of oxime groups is 1. The highest BCUT2D eigenvalue weighted by atomic mass is 16.4. The summed E-state index contributed by atoms with van der Waals surface area (Å²) >= 11 is 0. The molecule has 0 bridgehead atoms. The minimum atomic E-state index is -0.127. The lowest BCUT2D eigenvalue weighted by molar-refractivity contribution is -0.113. The number of allylic oxidation sites excluding steroid dienone is 2. The summed E-state index contributed by atoms with van der Waals surface area (Å²) in [4.78, 5) is 10.6. The first-order valence-electron chi connectivity index (χ1n) is 2.75. The molecule has 0 radical (unpaired) electrons. The van der Waals surface area contributed by atoms with Crippen LogP contribution in [0.15, 0.2) is 17.3 Å². The minimum Gasteiger partial charge on any atom is -0.410 e. The van der Waals surface area contributed by atoms with E-state index >= 15 is 0 Å². The summed E-state index contributed by atoms with van der Waals surface area (Å²) in [6.07, 6.45) is 2.66. The average Bonchev–Trinajstić information content (AvgIpc) is 1.88. The van der Waals surface area contributed by atoms with Gasteiger partial charge in [0.25, 0.3) is 0 Å². The normalized spacial score (nSPS) is 22.2. The van der Waals surface area contributed by atoms with Crippen molar-refractivity contribution in [2.24, 2.45) is 5.16 Å². The van der Waals surface area contributed by atoms with Crippen LogP contribution in [0, 0.1) is 5.41 Å². The largest absolute Gasteiger partial charge is 0.410 e. The topological polar surface area (TPSA) is 73.5 Å². The Balaban J connectivity index is 2.93. The van der Waals surface area contributed by atoms with E-state index in [0.29, 0.717) is 0 Å². The van der Waals surface area contributed by atoms with Crippen molar-refractivity contribution in [2.75, 3.05) is 0 Å². The van der Waals surface area contributed by atoms with Crippen LogP contribution in [-0.4, -0.2) is 22.4 Å². The second-order valence-electron chi connectivity index (χ2n) is 1.94. The molecular weight excluding hydrogens is 132 g/mol. The highest BCUT2D eigenvalue weighted by Crippen LogP contribution is 2.00. The van der Waals surface area contributed by atoms with Crippen LogP contribution in [0.3, 0.4) is 0 Å². The van der Waals surface area contributed by atoms with Crippen LogP contribution in [-0.2, 0) is 4.79 Å².